The molecule has 2 aromatic carbocycles. The van der Waals surface area contributed by atoms with Crippen LogP contribution in [0.3, 0.4) is 0 Å². The number of rotatable bonds is 7. The molecule has 9 heteroatoms. The zero-order chi connectivity index (χ0) is 23.1. The van der Waals surface area contributed by atoms with E-state index in [4.69, 9.17) is 25.5 Å². The number of esters is 1. The lowest BCUT2D eigenvalue weighted by Gasteiger charge is -2.23. The van der Waals surface area contributed by atoms with Gasteiger partial charge in [-0.25, -0.2) is 4.79 Å². The van der Waals surface area contributed by atoms with E-state index in [1.807, 2.05) is 11.8 Å². The maximum atomic E-state index is 10.1. The number of aliphatic hydroxyl groups excluding tert-OH is 5. The zero-order valence-electron chi connectivity index (χ0n) is 17.1. The molecule has 8 nitrogen and oxygen atoms in total. The first kappa shape index (κ1) is 26.6. The monoisotopic (exact) mass is 451 g/mol. The van der Waals surface area contributed by atoms with Crippen LogP contribution >= 0.6 is 11.8 Å². The lowest BCUT2D eigenvalue weighted by Crippen LogP contribution is -2.37. The summed E-state index contributed by atoms with van der Waals surface area (Å²) >= 11 is 1.82. The number of fused-ring (bicyclic) bond motifs is 2. The Labute approximate surface area is 185 Å². The molecule has 0 aliphatic carbocycles. The third kappa shape index (κ3) is 8.70. The van der Waals surface area contributed by atoms with Crippen LogP contribution in [0.2, 0.25) is 0 Å². The molecule has 3 rings (SSSR count). The van der Waals surface area contributed by atoms with E-state index in [2.05, 4.69) is 65.2 Å². The Balaban J connectivity index is 0.000000249. The highest BCUT2D eigenvalue weighted by atomic mass is 32.2. The molecule has 6 N–H and O–H groups in total. The van der Waals surface area contributed by atoms with Crippen molar-refractivity contribution < 1.29 is 35.1 Å². The SMILES string of the molecule is C=CC(=O)OCCO.OCC(CO)(CO)CO.c1ccc2c(c1)Nc1ccccc1S2. The zero-order valence-corrected chi connectivity index (χ0v) is 17.9. The normalized spacial score (nSPS) is 11.3. The third-order valence-electron chi connectivity index (χ3n) is 4.11. The molecule has 0 atom stereocenters. The topological polar surface area (TPSA) is 139 Å². The van der Waals surface area contributed by atoms with Gasteiger partial charge in [0.25, 0.3) is 0 Å². The maximum absolute atomic E-state index is 10.1. The molecule has 0 radical (unpaired) electrons. The number of aliphatic hydroxyl groups is 5. The molecule has 0 saturated carbocycles. The van der Waals surface area contributed by atoms with Gasteiger partial charge in [-0.2, -0.15) is 0 Å². The number of carbonyl (C=O) groups excluding carboxylic acids is 1. The van der Waals surface area contributed by atoms with E-state index in [0.717, 1.165) is 6.08 Å². The average Bonchev–Trinajstić information content (AvgIpc) is 2.83. The second-order valence-electron chi connectivity index (χ2n) is 6.45. The van der Waals surface area contributed by atoms with Crippen molar-refractivity contribution in [2.24, 2.45) is 5.41 Å². The molecular weight excluding hydrogens is 422 g/mol. The molecule has 0 spiro atoms. The molecule has 0 amide bonds. The fourth-order valence-electron chi connectivity index (χ4n) is 2.09. The van der Waals surface area contributed by atoms with E-state index in [1.165, 1.54) is 21.2 Å². The molecule has 0 fully saturated rings. The van der Waals surface area contributed by atoms with Gasteiger partial charge >= 0.3 is 5.97 Å². The Morgan fingerprint density at radius 3 is 1.71 bits per heavy atom. The van der Waals surface area contributed by atoms with Gasteiger partial charge in [0.15, 0.2) is 0 Å². The fraction of sp³-hybridized carbons (Fsp3) is 0.318. The van der Waals surface area contributed by atoms with Crippen molar-refractivity contribution in [1.29, 1.82) is 0 Å². The lowest BCUT2D eigenvalue weighted by atomic mass is 9.93. The van der Waals surface area contributed by atoms with Crippen molar-refractivity contribution >= 4 is 29.1 Å². The minimum atomic E-state index is -1.11. The summed E-state index contributed by atoms with van der Waals surface area (Å²) in [5.74, 6) is -0.501. The van der Waals surface area contributed by atoms with Crippen molar-refractivity contribution in [2.75, 3.05) is 45.0 Å². The predicted molar refractivity (Wildman–Crippen MR) is 119 cm³/mol. The van der Waals surface area contributed by atoms with Gasteiger partial charge < -0.3 is 35.6 Å². The van der Waals surface area contributed by atoms with Crippen molar-refractivity contribution in [2.45, 2.75) is 9.79 Å². The maximum Gasteiger partial charge on any atom is 0.330 e. The van der Waals surface area contributed by atoms with E-state index in [0.29, 0.717) is 0 Å². The van der Waals surface area contributed by atoms with E-state index in [9.17, 15) is 4.79 Å². The van der Waals surface area contributed by atoms with Crippen molar-refractivity contribution in [3.05, 3.63) is 61.2 Å². The van der Waals surface area contributed by atoms with Crippen LogP contribution in [0.1, 0.15) is 0 Å². The van der Waals surface area contributed by atoms with Gasteiger partial charge in [0.2, 0.25) is 0 Å². The highest BCUT2D eigenvalue weighted by Gasteiger charge is 2.26. The Hall–Kier alpha value is -2.40. The van der Waals surface area contributed by atoms with Crippen LogP contribution in [0.5, 0.6) is 0 Å². The van der Waals surface area contributed by atoms with Crippen LogP contribution in [0.4, 0.5) is 11.4 Å². The highest BCUT2D eigenvalue weighted by Crippen LogP contribution is 2.43. The Morgan fingerprint density at radius 1 is 0.903 bits per heavy atom. The Kier molecular flexibility index (Phi) is 12.5. The van der Waals surface area contributed by atoms with Crippen LogP contribution in [-0.4, -0.2) is 71.1 Å². The molecular formula is C22H29NO7S. The van der Waals surface area contributed by atoms with E-state index in [1.54, 1.807) is 0 Å². The van der Waals surface area contributed by atoms with Crippen molar-refractivity contribution in [1.82, 2.24) is 0 Å². The summed E-state index contributed by atoms with van der Waals surface area (Å²) in [4.78, 5) is 12.7. The number of benzene rings is 2. The fourth-order valence-corrected chi connectivity index (χ4v) is 3.07. The minimum Gasteiger partial charge on any atom is -0.460 e. The minimum absolute atomic E-state index is 0.0465. The molecule has 1 aliphatic heterocycles. The van der Waals surface area contributed by atoms with Gasteiger partial charge in [0, 0.05) is 15.9 Å². The Morgan fingerprint density at radius 2 is 1.35 bits per heavy atom. The number of ether oxygens (including phenoxy) is 1. The van der Waals surface area contributed by atoms with Gasteiger partial charge in [0.05, 0.1) is 49.8 Å². The summed E-state index contributed by atoms with van der Waals surface area (Å²) in [6.45, 7) is 1.44. The largest absolute Gasteiger partial charge is 0.460 e. The highest BCUT2D eigenvalue weighted by molar-refractivity contribution is 7.99. The number of nitrogens with one attached hydrogen (secondary N) is 1. The molecule has 2 aromatic rings. The second-order valence-corrected chi connectivity index (χ2v) is 7.53. The molecule has 1 heterocycles. The number of carbonyl (C=O) groups is 1. The molecule has 0 aromatic heterocycles. The second kappa shape index (κ2) is 14.6. The number of anilines is 2. The van der Waals surface area contributed by atoms with Crippen LogP contribution in [0.15, 0.2) is 71.0 Å². The molecule has 1 aliphatic rings. The summed E-state index contributed by atoms with van der Waals surface area (Å²) in [6.07, 6.45) is 1.05. The molecule has 0 unspecified atom stereocenters. The Bertz CT molecular complexity index is 707. The summed E-state index contributed by atoms with van der Waals surface area (Å²) in [5, 5.41) is 45.5. The smallest absolute Gasteiger partial charge is 0.330 e. The van der Waals surface area contributed by atoms with Gasteiger partial charge in [-0.05, 0) is 24.3 Å². The number of hydrogen-bond donors (Lipinski definition) is 6. The number of hydrogen-bond acceptors (Lipinski definition) is 9. The first-order valence-electron chi connectivity index (χ1n) is 9.45. The van der Waals surface area contributed by atoms with Crippen molar-refractivity contribution in [3.63, 3.8) is 0 Å². The van der Waals surface area contributed by atoms with Crippen LogP contribution in [0, 0.1) is 5.41 Å². The third-order valence-corrected chi connectivity index (χ3v) is 5.26. The van der Waals surface area contributed by atoms with Crippen LogP contribution in [0.25, 0.3) is 0 Å². The van der Waals surface area contributed by atoms with Gasteiger partial charge in [-0.1, -0.05) is 42.6 Å². The quantitative estimate of drug-likeness (QED) is 0.233. The van der Waals surface area contributed by atoms with Gasteiger partial charge in [-0.15, -0.1) is 0 Å². The first-order valence-corrected chi connectivity index (χ1v) is 10.3. The standard InChI is InChI=1S/C12H9NS.C5H12O4.C5H8O3/c1-3-7-11-9(5-1)13-10-6-2-4-8-12(10)14-11;6-1-5(2-7,3-8)4-9;1-2-5(7)8-4-3-6/h1-8,13H;6-9H,1-4H2;2,6H,1,3-4H2. The lowest BCUT2D eigenvalue weighted by molar-refractivity contribution is -0.138. The van der Waals surface area contributed by atoms with Crippen molar-refractivity contribution in [3.8, 4) is 0 Å². The first-order chi connectivity index (χ1) is 15.0. The molecule has 170 valence electrons. The molecule has 31 heavy (non-hydrogen) atoms. The van der Waals surface area contributed by atoms with Crippen LogP contribution in [-0.2, 0) is 9.53 Å². The van der Waals surface area contributed by atoms with E-state index < -0.39 is 37.8 Å². The van der Waals surface area contributed by atoms with Gasteiger partial charge in [-0.3, -0.25) is 0 Å². The summed E-state index contributed by atoms with van der Waals surface area (Å²) < 4.78 is 4.33. The number of para-hydroxylation sites is 2. The van der Waals surface area contributed by atoms with E-state index in [-0.39, 0.29) is 13.2 Å². The van der Waals surface area contributed by atoms with Gasteiger partial charge in [0.1, 0.15) is 6.61 Å². The molecule has 0 bridgehead atoms. The summed E-state index contributed by atoms with van der Waals surface area (Å²) in [5.41, 5.74) is 1.30. The predicted octanol–water partition coefficient (Wildman–Crippen LogP) is 1.54. The molecule has 0 saturated heterocycles. The average molecular weight is 452 g/mol. The summed E-state index contributed by atoms with van der Waals surface area (Å²) in [7, 11) is 0. The van der Waals surface area contributed by atoms with E-state index >= 15 is 0 Å². The summed E-state index contributed by atoms with van der Waals surface area (Å²) in [6, 6.07) is 16.8. The van der Waals surface area contributed by atoms with Crippen LogP contribution < -0.4 is 5.32 Å².